The molecule has 1 amide bonds. The smallest absolute Gasteiger partial charge is 0.264 e. The quantitative estimate of drug-likeness (QED) is 0.535. The van der Waals surface area contributed by atoms with E-state index in [1.165, 1.54) is 41.7 Å². The summed E-state index contributed by atoms with van der Waals surface area (Å²) in [5.74, 6) is 0.365. The summed E-state index contributed by atoms with van der Waals surface area (Å²) in [5.41, 5.74) is 5.53. The van der Waals surface area contributed by atoms with E-state index in [0.29, 0.717) is 17.0 Å². The lowest BCUT2D eigenvalue weighted by Crippen LogP contribution is -2.28. The molecule has 3 aromatic carbocycles. The van der Waals surface area contributed by atoms with Crippen LogP contribution in [-0.2, 0) is 10.0 Å². The van der Waals surface area contributed by atoms with Crippen molar-refractivity contribution in [3.8, 4) is 5.75 Å². The lowest BCUT2D eigenvalue weighted by molar-refractivity contribution is 0.0940. The van der Waals surface area contributed by atoms with Crippen LogP contribution in [0.15, 0.2) is 65.6 Å². The van der Waals surface area contributed by atoms with Crippen LogP contribution in [0.2, 0.25) is 0 Å². The van der Waals surface area contributed by atoms with Crippen molar-refractivity contribution in [3.63, 3.8) is 0 Å². The van der Waals surface area contributed by atoms with Gasteiger partial charge in [0.25, 0.3) is 15.9 Å². The summed E-state index contributed by atoms with van der Waals surface area (Å²) in [5, 5.41) is 3.03. The van der Waals surface area contributed by atoms with Gasteiger partial charge in [-0.25, -0.2) is 8.42 Å². The number of nitrogens with zero attached hydrogens (tertiary/aromatic N) is 1. The van der Waals surface area contributed by atoms with E-state index in [9.17, 15) is 13.2 Å². The molecule has 0 aliphatic rings. The predicted octanol–water partition coefficient (Wildman–Crippen LogP) is 4.94. The van der Waals surface area contributed by atoms with Crippen LogP contribution >= 0.6 is 0 Å². The number of methoxy groups -OCH3 is 1. The summed E-state index contributed by atoms with van der Waals surface area (Å²) in [6.45, 7) is 8.13. The fraction of sp³-hybridized carbons (Fsp3) is 0.269. The number of anilines is 1. The largest absolute Gasteiger partial charge is 0.497 e. The molecule has 0 aromatic heterocycles. The normalized spacial score (nSPS) is 12.2. The van der Waals surface area contributed by atoms with Gasteiger partial charge < -0.3 is 10.1 Å². The molecule has 1 atom stereocenters. The lowest BCUT2D eigenvalue weighted by atomic mass is 9.96. The molecule has 0 fully saturated rings. The van der Waals surface area contributed by atoms with Crippen molar-refractivity contribution in [1.29, 1.82) is 0 Å². The van der Waals surface area contributed by atoms with Gasteiger partial charge >= 0.3 is 0 Å². The Morgan fingerprint density at radius 3 is 2.06 bits per heavy atom. The Balaban J connectivity index is 1.75. The highest BCUT2D eigenvalue weighted by Gasteiger charge is 2.22. The molecule has 3 aromatic rings. The number of benzene rings is 3. The predicted molar refractivity (Wildman–Crippen MR) is 132 cm³/mol. The fourth-order valence-electron chi connectivity index (χ4n) is 3.67. The summed E-state index contributed by atoms with van der Waals surface area (Å²) < 4.78 is 32.2. The first-order chi connectivity index (χ1) is 15.5. The van der Waals surface area contributed by atoms with E-state index in [0.717, 1.165) is 11.1 Å². The van der Waals surface area contributed by atoms with Gasteiger partial charge in [-0.05, 0) is 98.5 Å². The second-order valence-corrected chi connectivity index (χ2v) is 10.2. The van der Waals surface area contributed by atoms with Crippen molar-refractivity contribution >= 4 is 21.6 Å². The highest BCUT2D eigenvalue weighted by atomic mass is 32.2. The maximum Gasteiger partial charge on any atom is 0.264 e. The number of carbonyl (C=O) groups excluding carboxylic acids is 1. The molecule has 3 rings (SSSR count). The highest BCUT2D eigenvalue weighted by molar-refractivity contribution is 7.92. The van der Waals surface area contributed by atoms with Crippen molar-refractivity contribution in [2.45, 2.75) is 38.6 Å². The van der Waals surface area contributed by atoms with Crippen LogP contribution in [-0.4, -0.2) is 28.5 Å². The first kappa shape index (κ1) is 24.3. The molecule has 7 heteroatoms. The van der Waals surface area contributed by atoms with E-state index < -0.39 is 10.0 Å². The molecule has 33 heavy (non-hydrogen) atoms. The average molecular weight is 467 g/mol. The van der Waals surface area contributed by atoms with E-state index in [1.807, 2.05) is 13.8 Å². The molecule has 0 saturated heterocycles. The third-order valence-corrected chi connectivity index (χ3v) is 7.71. The van der Waals surface area contributed by atoms with E-state index in [2.05, 4.69) is 31.3 Å². The zero-order valence-electron chi connectivity index (χ0n) is 19.8. The Bertz CT molecular complexity index is 1250. The van der Waals surface area contributed by atoms with Crippen molar-refractivity contribution in [2.75, 3.05) is 18.5 Å². The number of hydrogen-bond donors (Lipinski definition) is 1. The molecule has 0 aliphatic heterocycles. The number of sulfonamides is 1. The Morgan fingerprint density at radius 2 is 1.48 bits per heavy atom. The molecule has 1 N–H and O–H groups in total. The molecular formula is C26H30N2O4S. The molecule has 0 saturated carbocycles. The van der Waals surface area contributed by atoms with Gasteiger partial charge in [0.05, 0.1) is 23.7 Å². The number of aryl methyl sites for hydroxylation is 3. The van der Waals surface area contributed by atoms with E-state index in [4.69, 9.17) is 4.74 Å². The average Bonchev–Trinajstić information content (AvgIpc) is 2.80. The summed E-state index contributed by atoms with van der Waals surface area (Å²) in [7, 11) is -0.730. The van der Waals surface area contributed by atoms with Crippen molar-refractivity contribution in [3.05, 3.63) is 88.5 Å². The first-order valence-electron chi connectivity index (χ1n) is 10.7. The Labute approximate surface area is 196 Å². The Hall–Kier alpha value is -3.32. The number of ether oxygens (including phenoxy) is 1. The second kappa shape index (κ2) is 9.67. The van der Waals surface area contributed by atoms with Crippen molar-refractivity contribution in [2.24, 2.45) is 0 Å². The number of amides is 1. The van der Waals surface area contributed by atoms with Gasteiger partial charge in [0.2, 0.25) is 0 Å². The highest BCUT2D eigenvalue weighted by Crippen LogP contribution is 2.25. The van der Waals surface area contributed by atoms with Gasteiger partial charge in [0, 0.05) is 12.6 Å². The van der Waals surface area contributed by atoms with Crippen molar-refractivity contribution < 1.29 is 17.9 Å². The molecule has 0 spiro atoms. The molecule has 0 aliphatic carbocycles. The Morgan fingerprint density at radius 1 is 0.909 bits per heavy atom. The summed E-state index contributed by atoms with van der Waals surface area (Å²) in [6, 6.07) is 16.8. The van der Waals surface area contributed by atoms with Gasteiger partial charge in [-0.15, -0.1) is 0 Å². The van der Waals surface area contributed by atoms with Gasteiger partial charge in [0.15, 0.2) is 0 Å². The molecule has 0 radical (unpaired) electrons. The monoisotopic (exact) mass is 466 g/mol. The molecule has 0 unspecified atom stereocenters. The minimum Gasteiger partial charge on any atom is -0.497 e. The summed E-state index contributed by atoms with van der Waals surface area (Å²) in [6.07, 6.45) is 0. The SMILES string of the molecule is COc1ccc(S(=O)(=O)N(C)c2ccc(C(=O)N[C@@H](C)c3cc(C)c(C)cc3C)cc2)cc1. The van der Waals surface area contributed by atoms with Crippen LogP contribution in [0, 0.1) is 20.8 Å². The number of hydrogen-bond acceptors (Lipinski definition) is 4. The van der Waals surface area contributed by atoms with Gasteiger partial charge in [-0.2, -0.15) is 0 Å². The number of nitrogens with one attached hydrogen (secondary N) is 1. The standard InChI is InChI=1S/C26H30N2O4S/c1-17-15-19(3)25(16-18(17)2)20(4)27-26(29)21-7-9-22(10-8-21)28(5)33(30,31)24-13-11-23(32-6)12-14-24/h7-16,20H,1-6H3,(H,27,29)/t20-/m0/s1. The third-order valence-electron chi connectivity index (χ3n) is 5.91. The van der Waals surface area contributed by atoms with Crippen LogP contribution in [0.25, 0.3) is 0 Å². The summed E-state index contributed by atoms with van der Waals surface area (Å²) >= 11 is 0. The molecule has 6 nitrogen and oxygen atoms in total. The second-order valence-electron chi connectivity index (χ2n) is 8.18. The number of carbonyl (C=O) groups is 1. The zero-order chi connectivity index (χ0) is 24.3. The van der Waals surface area contributed by atoms with Crippen LogP contribution in [0.1, 0.15) is 45.6 Å². The summed E-state index contributed by atoms with van der Waals surface area (Å²) in [4.78, 5) is 13.0. The molecule has 174 valence electrons. The van der Waals surface area contributed by atoms with E-state index in [-0.39, 0.29) is 16.8 Å². The minimum absolute atomic E-state index is 0.158. The minimum atomic E-state index is -3.74. The maximum absolute atomic E-state index is 12.9. The third kappa shape index (κ3) is 5.20. The van der Waals surface area contributed by atoms with Gasteiger partial charge in [-0.3, -0.25) is 9.10 Å². The zero-order valence-corrected chi connectivity index (χ0v) is 20.7. The molecule has 0 bridgehead atoms. The van der Waals surface area contributed by atoms with Crippen LogP contribution in [0.5, 0.6) is 5.75 Å². The van der Waals surface area contributed by atoms with Crippen LogP contribution in [0.3, 0.4) is 0 Å². The van der Waals surface area contributed by atoms with Crippen LogP contribution in [0.4, 0.5) is 5.69 Å². The van der Waals surface area contributed by atoms with Crippen LogP contribution < -0.4 is 14.4 Å². The van der Waals surface area contributed by atoms with E-state index >= 15 is 0 Å². The topological polar surface area (TPSA) is 75.7 Å². The fourth-order valence-corrected chi connectivity index (χ4v) is 4.87. The molecular weight excluding hydrogens is 436 g/mol. The van der Waals surface area contributed by atoms with Gasteiger partial charge in [-0.1, -0.05) is 12.1 Å². The number of rotatable bonds is 7. The molecule has 0 heterocycles. The van der Waals surface area contributed by atoms with Crippen molar-refractivity contribution in [1.82, 2.24) is 5.32 Å². The lowest BCUT2D eigenvalue weighted by Gasteiger charge is -2.21. The Kier molecular flexibility index (Phi) is 7.12. The van der Waals surface area contributed by atoms with Gasteiger partial charge in [0.1, 0.15) is 5.75 Å². The van der Waals surface area contributed by atoms with E-state index in [1.54, 1.807) is 36.4 Å². The maximum atomic E-state index is 12.9. The first-order valence-corrected chi connectivity index (χ1v) is 12.1.